The van der Waals surface area contributed by atoms with Crippen LogP contribution in [0.25, 0.3) is 16.6 Å². The second-order valence-electron chi connectivity index (χ2n) is 5.24. The molecule has 122 valence electrons. The number of nitrogens with zero attached hydrogens (tertiary/aromatic N) is 2. The van der Waals surface area contributed by atoms with Crippen LogP contribution in [-0.2, 0) is 4.79 Å². The molecule has 24 heavy (non-hydrogen) atoms. The maximum atomic E-state index is 13.0. The van der Waals surface area contributed by atoms with E-state index in [0.29, 0.717) is 21.1 Å². The minimum absolute atomic E-state index is 0.0321. The fourth-order valence-corrected chi connectivity index (χ4v) is 3.31. The lowest BCUT2D eigenvalue weighted by Crippen LogP contribution is -2.23. The first kappa shape index (κ1) is 16.5. The van der Waals surface area contributed by atoms with E-state index in [-0.39, 0.29) is 11.3 Å². The van der Waals surface area contributed by atoms with Gasteiger partial charge in [-0.05, 0) is 36.8 Å². The second-order valence-corrected chi connectivity index (χ2v) is 6.62. The summed E-state index contributed by atoms with van der Waals surface area (Å²) in [6.07, 6.45) is 0. The number of aryl methyl sites for hydroxylation is 1. The Morgan fingerprint density at radius 3 is 2.75 bits per heavy atom. The number of carbonyl (C=O) groups excluding carboxylic acids is 1. The van der Waals surface area contributed by atoms with Crippen LogP contribution in [0.5, 0.6) is 0 Å². The van der Waals surface area contributed by atoms with Gasteiger partial charge in [-0.25, -0.2) is 4.98 Å². The van der Waals surface area contributed by atoms with E-state index in [0.717, 1.165) is 23.0 Å². The molecule has 0 aliphatic rings. The van der Waals surface area contributed by atoms with Crippen LogP contribution in [0, 0.1) is 6.92 Å². The van der Waals surface area contributed by atoms with Crippen molar-refractivity contribution in [1.29, 1.82) is 0 Å². The first-order valence-electron chi connectivity index (χ1n) is 7.17. The van der Waals surface area contributed by atoms with Gasteiger partial charge < -0.3 is 5.73 Å². The summed E-state index contributed by atoms with van der Waals surface area (Å²) < 4.78 is 1.51. The summed E-state index contributed by atoms with van der Waals surface area (Å²) in [5.74, 6) is -0.443. The molecule has 0 spiro atoms. The zero-order valence-electron chi connectivity index (χ0n) is 12.8. The van der Waals surface area contributed by atoms with Gasteiger partial charge in [0.15, 0.2) is 5.16 Å². The first-order valence-corrected chi connectivity index (χ1v) is 8.53. The third-order valence-electron chi connectivity index (χ3n) is 3.50. The van der Waals surface area contributed by atoms with Gasteiger partial charge in [0, 0.05) is 5.02 Å². The predicted molar refractivity (Wildman–Crippen MR) is 97.0 cm³/mol. The summed E-state index contributed by atoms with van der Waals surface area (Å²) in [6.45, 7) is 1.91. The Labute approximate surface area is 147 Å². The number of aromatic nitrogens is 2. The van der Waals surface area contributed by atoms with Crippen LogP contribution in [-0.4, -0.2) is 21.2 Å². The number of primary amides is 1. The number of hydrogen-bond acceptors (Lipinski definition) is 4. The molecule has 0 unspecified atom stereocenters. The maximum absolute atomic E-state index is 13.0. The van der Waals surface area contributed by atoms with Gasteiger partial charge in [-0.15, -0.1) is 0 Å². The van der Waals surface area contributed by atoms with Crippen molar-refractivity contribution in [3.05, 3.63) is 63.4 Å². The number of amides is 1. The molecule has 3 aromatic rings. The largest absolute Gasteiger partial charge is 0.369 e. The molecule has 0 radical (unpaired) electrons. The Bertz CT molecular complexity index is 1000. The van der Waals surface area contributed by atoms with Gasteiger partial charge in [0.05, 0.1) is 22.3 Å². The molecule has 5 nitrogen and oxygen atoms in total. The number of benzene rings is 2. The zero-order chi connectivity index (χ0) is 17.3. The smallest absolute Gasteiger partial charge is 0.266 e. The summed E-state index contributed by atoms with van der Waals surface area (Å²) >= 11 is 7.13. The number of nitrogens with two attached hydrogens (primary N) is 1. The summed E-state index contributed by atoms with van der Waals surface area (Å²) in [4.78, 5) is 28.7. The van der Waals surface area contributed by atoms with Gasteiger partial charge >= 0.3 is 0 Å². The highest BCUT2D eigenvalue weighted by Gasteiger charge is 2.15. The van der Waals surface area contributed by atoms with E-state index in [9.17, 15) is 9.59 Å². The molecule has 0 bridgehead atoms. The van der Waals surface area contributed by atoms with Crippen molar-refractivity contribution >= 4 is 40.2 Å². The third kappa shape index (κ3) is 3.16. The van der Waals surface area contributed by atoms with Crippen LogP contribution >= 0.6 is 23.4 Å². The molecule has 0 saturated heterocycles. The molecular weight excluding hydrogens is 346 g/mol. The molecule has 0 aliphatic heterocycles. The zero-order valence-corrected chi connectivity index (χ0v) is 14.4. The number of fused-ring (bicyclic) bond motifs is 1. The van der Waals surface area contributed by atoms with Gasteiger partial charge in [0.2, 0.25) is 5.91 Å². The Morgan fingerprint density at radius 1 is 1.29 bits per heavy atom. The average molecular weight is 360 g/mol. The van der Waals surface area contributed by atoms with Crippen molar-refractivity contribution in [2.45, 2.75) is 12.1 Å². The van der Waals surface area contributed by atoms with Crippen molar-refractivity contribution in [3.8, 4) is 5.69 Å². The Balaban J connectivity index is 2.32. The first-order chi connectivity index (χ1) is 11.5. The molecule has 1 amide bonds. The van der Waals surface area contributed by atoms with Crippen molar-refractivity contribution in [2.75, 3.05) is 5.75 Å². The van der Waals surface area contributed by atoms with Crippen LogP contribution in [0.4, 0.5) is 0 Å². The minimum atomic E-state index is -0.475. The number of para-hydroxylation sites is 1. The van der Waals surface area contributed by atoms with E-state index >= 15 is 0 Å². The fourth-order valence-electron chi connectivity index (χ4n) is 2.40. The van der Waals surface area contributed by atoms with E-state index in [4.69, 9.17) is 17.3 Å². The van der Waals surface area contributed by atoms with Crippen LogP contribution in [0.15, 0.2) is 52.4 Å². The van der Waals surface area contributed by atoms with Gasteiger partial charge in [-0.2, -0.15) is 0 Å². The number of hydrogen-bond donors (Lipinski definition) is 1. The minimum Gasteiger partial charge on any atom is -0.369 e. The molecule has 0 aliphatic carbocycles. The number of thioether (sulfide) groups is 1. The van der Waals surface area contributed by atoms with Crippen molar-refractivity contribution in [2.24, 2.45) is 5.73 Å². The monoisotopic (exact) mass is 359 g/mol. The van der Waals surface area contributed by atoms with Crippen molar-refractivity contribution in [3.63, 3.8) is 0 Å². The summed E-state index contributed by atoms with van der Waals surface area (Å²) in [5, 5.41) is 1.36. The summed E-state index contributed by atoms with van der Waals surface area (Å²) in [6, 6.07) is 12.5. The molecule has 0 fully saturated rings. The molecule has 3 rings (SSSR count). The fraction of sp³-hybridized carbons (Fsp3) is 0.118. The van der Waals surface area contributed by atoms with Crippen LogP contribution < -0.4 is 11.3 Å². The molecule has 2 aromatic carbocycles. The van der Waals surface area contributed by atoms with E-state index in [1.165, 1.54) is 4.57 Å². The van der Waals surface area contributed by atoms with E-state index in [2.05, 4.69) is 4.98 Å². The molecule has 2 N–H and O–H groups in total. The highest BCUT2D eigenvalue weighted by molar-refractivity contribution is 7.99. The van der Waals surface area contributed by atoms with E-state index in [1.807, 2.05) is 31.2 Å². The van der Waals surface area contributed by atoms with Crippen LogP contribution in [0.3, 0.4) is 0 Å². The molecule has 1 heterocycles. The van der Waals surface area contributed by atoms with Gasteiger partial charge in [-0.3, -0.25) is 14.2 Å². The van der Waals surface area contributed by atoms with Crippen LogP contribution in [0.2, 0.25) is 5.02 Å². The standard InChI is InChI=1S/C17H14ClN3O2S/c1-10-4-2-3-5-14(10)21-16(23)12-7-6-11(18)8-13(12)20-17(21)24-9-15(19)22/h2-8H,9H2,1H3,(H2,19,22). The predicted octanol–water partition coefficient (Wildman–Crippen LogP) is 2.92. The SMILES string of the molecule is Cc1ccccc1-n1c(SCC(N)=O)nc2cc(Cl)ccc2c1=O. The second kappa shape index (κ2) is 6.67. The lowest BCUT2D eigenvalue weighted by Gasteiger charge is -2.14. The van der Waals surface area contributed by atoms with Gasteiger partial charge in [0.25, 0.3) is 5.56 Å². The summed E-state index contributed by atoms with van der Waals surface area (Å²) in [5.41, 5.74) is 7.17. The third-order valence-corrected chi connectivity index (χ3v) is 4.70. The Morgan fingerprint density at radius 2 is 2.04 bits per heavy atom. The average Bonchev–Trinajstić information content (AvgIpc) is 2.54. The van der Waals surface area contributed by atoms with Crippen molar-refractivity contribution in [1.82, 2.24) is 9.55 Å². The molecule has 0 saturated carbocycles. The molecular formula is C17H14ClN3O2S. The van der Waals surface area contributed by atoms with Crippen LogP contribution in [0.1, 0.15) is 5.56 Å². The highest BCUT2D eigenvalue weighted by atomic mass is 35.5. The number of rotatable bonds is 4. The quantitative estimate of drug-likeness (QED) is 0.574. The number of halogens is 1. The number of carbonyl (C=O) groups is 1. The van der Waals surface area contributed by atoms with Gasteiger partial charge in [0.1, 0.15) is 0 Å². The normalized spacial score (nSPS) is 10.9. The van der Waals surface area contributed by atoms with E-state index in [1.54, 1.807) is 18.2 Å². The molecule has 1 aromatic heterocycles. The van der Waals surface area contributed by atoms with E-state index < -0.39 is 5.91 Å². The highest BCUT2D eigenvalue weighted by Crippen LogP contribution is 2.24. The maximum Gasteiger partial charge on any atom is 0.266 e. The summed E-state index contributed by atoms with van der Waals surface area (Å²) in [7, 11) is 0. The Kier molecular flexibility index (Phi) is 4.59. The lowest BCUT2D eigenvalue weighted by atomic mass is 10.2. The molecule has 0 atom stereocenters. The van der Waals surface area contributed by atoms with Crippen molar-refractivity contribution < 1.29 is 4.79 Å². The lowest BCUT2D eigenvalue weighted by molar-refractivity contribution is -0.115. The van der Waals surface area contributed by atoms with Gasteiger partial charge in [-0.1, -0.05) is 41.6 Å². The molecule has 7 heteroatoms. The topological polar surface area (TPSA) is 78.0 Å². The Hall–Kier alpha value is -2.31.